The summed E-state index contributed by atoms with van der Waals surface area (Å²) in [5.74, 6) is 1.03. The van der Waals surface area contributed by atoms with Crippen molar-refractivity contribution in [3.63, 3.8) is 0 Å². The summed E-state index contributed by atoms with van der Waals surface area (Å²) >= 11 is 1.42. The van der Waals surface area contributed by atoms with E-state index in [4.69, 9.17) is 4.42 Å². The van der Waals surface area contributed by atoms with Gasteiger partial charge < -0.3 is 14.3 Å². The van der Waals surface area contributed by atoms with Crippen LogP contribution in [0.15, 0.2) is 46.2 Å². The molecule has 7 heteroatoms. The topological polar surface area (TPSA) is 73.0 Å². The van der Waals surface area contributed by atoms with Gasteiger partial charge in [-0.25, -0.2) is 0 Å². The molecule has 1 fully saturated rings. The van der Waals surface area contributed by atoms with Crippen molar-refractivity contribution in [3.8, 4) is 0 Å². The molecule has 24 heavy (non-hydrogen) atoms. The van der Waals surface area contributed by atoms with E-state index >= 15 is 0 Å². The molecule has 2 heterocycles. The van der Waals surface area contributed by atoms with Crippen LogP contribution in [-0.4, -0.2) is 26.4 Å². The van der Waals surface area contributed by atoms with Crippen molar-refractivity contribution in [2.45, 2.75) is 37.0 Å². The van der Waals surface area contributed by atoms with Crippen molar-refractivity contribution >= 4 is 28.6 Å². The van der Waals surface area contributed by atoms with Crippen molar-refractivity contribution in [1.29, 1.82) is 0 Å². The molecule has 0 bridgehead atoms. The van der Waals surface area contributed by atoms with Gasteiger partial charge in [-0.2, -0.15) is 0 Å². The number of aromatic nitrogens is 3. The number of hydrogen-bond donors (Lipinski definition) is 1. The second-order valence-electron chi connectivity index (χ2n) is 6.02. The first kappa shape index (κ1) is 15.3. The molecule has 0 saturated heterocycles. The van der Waals surface area contributed by atoms with E-state index < -0.39 is 0 Å². The molecule has 1 aliphatic rings. The Bertz CT molecular complexity index is 835. The van der Waals surface area contributed by atoms with Gasteiger partial charge in [-0.05, 0) is 31.9 Å². The quantitative estimate of drug-likeness (QED) is 0.696. The molecule has 1 atom stereocenters. The number of rotatable bonds is 6. The fourth-order valence-electron chi connectivity index (χ4n) is 2.64. The van der Waals surface area contributed by atoms with Crippen molar-refractivity contribution in [2.24, 2.45) is 0 Å². The van der Waals surface area contributed by atoms with Gasteiger partial charge in [0.2, 0.25) is 5.91 Å². The summed E-state index contributed by atoms with van der Waals surface area (Å²) in [5.41, 5.74) is 0.834. The van der Waals surface area contributed by atoms with Crippen LogP contribution in [0.1, 0.15) is 37.6 Å². The maximum atomic E-state index is 12.2. The number of nitrogens with zero attached hydrogens (tertiary/aromatic N) is 3. The van der Waals surface area contributed by atoms with Crippen LogP contribution >= 0.6 is 11.8 Å². The van der Waals surface area contributed by atoms with Crippen LogP contribution in [0.5, 0.6) is 0 Å². The normalized spacial score (nSPS) is 15.5. The molecule has 3 aromatic rings. The predicted octanol–water partition coefficient (Wildman–Crippen LogP) is 3.33. The molecule has 124 valence electrons. The zero-order chi connectivity index (χ0) is 16.5. The zero-order valence-corrected chi connectivity index (χ0v) is 14.1. The van der Waals surface area contributed by atoms with Crippen LogP contribution in [0, 0.1) is 0 Å². The number of para-hydroxylation sites is 1. The van der Waals surface area contributed by atoms with Gasteiger partial charge in [-0.1, -0.05) is 30.0 Å². The lowest BCUT2D eigenvalue weighted by Gasteiger charge is -2.11. The van der Waals surface area contributed by atoms with E-state index in [9.17, 15) is 4.79 Å². The second-order valence-corrected chi connectivity index (χ2v) is 6.96. The molecule has 1 aliphatic carbocycles. The molecule has 2 aromatic heterocycles. The summed E-state index contributed by atoms with van der Waals surface area (Å²) in [6.45, 7) is 1.92. The van der Waals surface area contributed by atoms with Crippen molar-refractivity contribution in [2.75, 3.05) is 5.75 Å². The fraction of sp³-hybridized carbons (Fsp3) is 0.353. The van der Waals surface area contributed by atoms with Crippen LogP contribution in [-0.2, 0) is 4.79 Å². The van der Waals surface area contributed by atoms with Gasteiger partial charge in [0, 0.05) is 11.4 Å². The minimum atomic E-state index is -0.174. The standard InChI is InChI=1S/C17H18N4O2S/c1-11(15-8-12-4-2-3-5-14(12)23-15)19-16(22)9-24-17-20-18-10-21(17)13-6-7-13/h2-5,8,10-11,13H,6-7,9H2,1H3,(H,19,22)/t11-/m1/s1. The first-order valence-corrected chi connectivity index (χ1v) is 8.99. The van der Waals surface area contributed by atoms with Crippen LogP contribution in [0.25, 0.3) is 11.0 Å². The number of thioether (sulfide) groups is 1. The molecule has 1 N–H and O–H groups in total. The lowest BCUT2D eigenvalue weighted by molar-refractivity contribution is -0.119. The number of hydrogen-bond acceptors (Lipinski definition) is 5. The third kappa shape index (κ3) is 3.17. The van der Waals surface area contributed by atoms with E-state index in [1.165, 1.54) is 24.6 Å². The molecular weight excluding hydrogens is 324 g/mol. The smallest absolute Gasteiger partial charge is 0.231 e. The second kappa shape index (κ2) is 6.32. The van der Waals surface area contributed by atoms with Crippen molar-refractivity contribution in [3.05, 3.63) is 42.4 Å². The zero-order valence-electron chi connectivity index (χ0n) is 13.3. The Morgan fingerprint density at radius 3 is 3.08 bits per heavy atom. The Hall–Kier alpha value is -2.28. The van der Waals surface area contributed by atoms with Gasteiger partial charge in [0.25, 0.3) is 0 Å². The lowest BCUT2D eigenvalue weighted by atomic mass is 10.2. The monoisotopic (exact) mass is 342 g/mol. The number of carbonyl (C=O) groups is 1. The SMILES string of the molecule is C[C@@H](NC(=O)CSc1nncn1C1CC1)c1cc2ccccc2o1. The van der Waals surface area contributed by atoms with Gasteiger partial charge in [-0.15, -0.1) is 10.2 Å². The van der Waals surface area contributed by atoms with Crippen molar-refractivity contribution < 1.29 is 9.21 Å². The third-order valence-corrected chi connectivity index (χ3v) is 5.02. The van der Waals surface area contributed by atoms with E-state index in [0.29, 0.717) is 11.8 Å². The number of fused-ring (bicyclic) bond motifs is 1. The molecule has 0 spiro atoms. The van der Waals surface area contributed by atoms with E-state index in [2.05, 4.69) is 20.1 Å². The highest BCUT2D eigenvalue weighted by molar-refractivity contribution is 7.99. The molecule has 0 unspecified atom stereocenters. The van der Waals surface area contributed by atoms with Crippen LogP contribution in [0.3, 0.4) is 0 Å². The average Bonchev–Trinajstić information content (AvgIpc) is 3.16. The Morgan fingerprint density at radius 1 is 1.46 bits per heavy atom. The van der Waals surface area contributed by atoms with Crippen molar-refractivity contribution in [1.82, 2.24) is 20.1 Å². The average molecular weight is 342 g/mol. The molecule has 1 aromatic carbocycles. The van der Waals surface area contributed by atoms with Gasteiger partial charge >= 0.3 is 0 Å². The molecule has 4 rings (SSSR count). The maximum Gasteiger partial charge on any atom is 0.231 e. The summed E-state index contributed by atoms with van der Waals surface area (Å²) in [7, 11) is 0. The van der Waals surface area contributed by atoms with Gasteiger partial charge in [0.15, 0.2) is 5.16 Å². The lowest BCUT2D eigenvalue weighted by Crippen LogP contribution is -2.28. The Kier molecular flexibility index (Phi) is 4.02. The summed E-state index contributed by atoms with van der Waals surface area (Å²) in [4.78, 5) is 12.2. The summed E-state index contributed by atoms with van der Waals surface area (Å²) in [6.07, 6.45) is 4.08. The highest BCUT2D eigenvalue weighted by atomic mass is 32.2. The molecule has 1 amide bonds. The van der Waals surface area contributed by atoms with Crippen LogP contribution < -0.4 is 5.32 Å². The number of amides is 1. The summed E-state index contributed by atoms with van der Waals surface area (Å²) in [5, 5.41) is 12.9. The van der Waals surface area contributed by atoms with Gasteiger partial charge in [0.1, 0.15) is 17.7 Å². The maximum absolute atomic E-state index is 12.2. The van der Waals surface area contributed by atoms with Crippen LogP contribution in [0.2, 0.25) is 0 Å². The summed E-state index contributed by atoms with van der Waals surface area (Å²) < 4.78 is 7.85. The van der Waals surface area contributed by atoms with Gasteiger partial charge in [0.05, 0.1) is 11.8 Å². The first-order chi connectivity index (χ1) is 11.7. The third-order valence-electron chi connectivity index (χ3n) is 4.06. The highest BCUT2D eigenvalue weighted by Crippen LogP contribution is 2.37. The van der Waals surface area contributed by atoms with E-state index in [0.717, 1.165) is 21.9 Å². The minimum Gasteiger partial charge on any atom is -0.459 e. The minimum absolute atomic E-state index is 0.0432. The summed E-state index contributed by atoms with van der Waals surface area (Å²) in [6, 6.07) is 10.1. The molecule has 6 nitrogen and oxygen atoms in total. The van der Waals surface area contributed by atoms with Crippen LogP contribution in [0.4, 0.5) is 0 Å². The fourth-order valence-corrected chi connectivity index (χ4v) is 3.43. The predicted molar refractivity (Wildman–Crippen MR) is 91.8 cm³/mol. The van der Waals surface area contributed by atoms with E-state index in [-0.39, 0.29) is 11.9 Å². The number of nitrogens with one attached hydrogen (secondary N) is 1. The Balaban J connectivity index is 1.35. The highest BCUT2D eigenvalue weighted by Gasteiger charge is 2.26. The number of carbonyl (C=O) groups excluding carboxylic acids is 1. The molecular formula is C17H18N4O2S. The Morgan fingerprint density at radius 2 is 2.29 bits per heavy atom. The van der Waals surface area contributed by atoms with Gasteiger partial charge in [-0.3, -0.25) is 4.79 Å². The first-order valence-electron chi connectivity index (χ1n) is 8.01. The number of furan rings is 1. The van der Waals surface area contributed by atoms with E-state index in [1.807, 2.05) is 37.3 Å². The molecule has 0 aliphatic heterocycles. The Labute approximate surface area is 143 Å². The van der Waals surface area contributed by atoms with E-state index in [1.54, 1.807) is 6.33 Å². The molecule has 1 saturated carbocycles. The molecule has 0 radical (unpaired) electrons. The largest absolute Gasteiger partial charge is 0.459 e. The number of benzene rings is 1.